The number of para-hydroxylation sites is 2. The van der Waals surface area contributed by atoms with Crippen LogP contribution in [0.15, 0.2) is 60.7 Å². The predicted octanol–water partition coefficient (Wildman–Crippen LogP) is 2.75. The third-order valence-corrected chi connectivity index (χ3v) is 2.29. The third kappa shape index (κ3) is 3.06. The highest BCUT2D eigenvalue weighted by molar-refractivity contribution is 5.59. The summed E-state index contributed by atoms with van der Waals surface area (Å²) in [7, 11) is 0. The average Bonchev–Trinajstić information content (AvgIpc) is 2.42. The molecule has 0 heterocycles. The summed E-state index contributed by atoms with van der Waals surface area (Å²) in [6.45, 7) is 0.264. The molecule has 0 aromatic heterocycles. The number of hydrogen-bond donors (Lipinski definition) is 1. The molecule has 2 aromatic carbocycles. The van der Waals surface area contributed by atoms with Gasteiger partial charge in [0.05, 0.1) is 24.6 Å². The van der Waals surface area contributed by atoms with E-state index >= 15 is 0 Å². The van der Waals surface area contributed by atoms with Gasteiger partial charge in [-0.25, -0.2) is 5.06 Å². The fourth-order valence-corrected chi connectivity index (χ4v) is 1.56. The summed E-state index contributed by atoms with van der Waals surface area (Å²) < 4.78 is 0. The van der Waals surface area contributed by atoms with Crippen molar-refractivity contribution >= 4 is 11.4 Å². The van der Waals surface area contributed by atoms with E-state index in [2.05, 4.69) is 0 Å². The van der Waals surface area contributed by atoms with Gasteiger partial charge in [-0.05, 0) is 24.3 Å². The van der Waals surface area contributed by atoms with E-state index in [1.54, 1.807) is 5.06 Å². The van der Waals surface area contributed by atoms with Crippen LogP contribution in [0.4, 0.5) is 11.4 Å². The van der Waals surface area contributed by atoms with Crippen molar-refractivity contribution in [3.8, 4) is 0 Å². The Morgan fingerprint density at radius 3 is 1.71 bits per heavy atom. The van der Waals surface area contributed by atoms with E-state index in [1.807, 2.05) is 60.7 Å². The van der Waals surface area contributed by atoms with Gasteiger partial charge >= 0.3 is 0 Å². The molecule has 0 aliphatic rings. The fraction of sp³-hybridized carbons (Fsp3) is 0.143. The van der Waals surface area contributed by atoms with Gasteiger partial charge in [0, 0.05) is 0 Å². The smallest absolute Gasteiger partial charge is 0.0984 e. The van der Waals surface area contributed by atoms with Crippen LogP contribution < -0.4 is 5.06 Å². The van der Waals surface area contributed by atoms with Gasteiger partial charge in [-0.15, -0.1) is 0 Å². The molecule has 0 bridgehead atoms. The molecule has 0 saturated carbocycles. The lowest BCUT2D eigenvalue weighted by Crippen LogP contribution is -2.19. The molecule has 3 nitrogen and oxygen atoms in total. The largest absolute Gasteiger partial charge is 0.394 e. The highest BCUT2D eigenvalue weighted by Gasteiger charge is 2.08. The zero-order chi connectivity index (χ0) is 11.9. The lowest BCUT2D eigenvalue weighted by molar-refractivity contribution is 0.0929. The Kier molecular flexibility index (Phi) is 4.13. The van der Waals surface area contributed by atoms with E-state index in [-0.39, 0.29) is 13.2 Å². The van der Waals surface area contributed by atoms with Crippen LogP contribution in [0.25, 0.3) is 0 Å². The van der Waals surface area contributed by atoms with Gasteiger partial charge in [-0.2, -0.15) is 0 Å². The molecule has 0 aliphatic heterocycles. The lowest BCUT2D eigenvalue weighted by atomic mass is 10.2. The van der Waals surface area contributed by atoms with Crippen molar-refractivity contribution in [3.05, 3.63) is 60.7 Å². The molecule has 0 unspecified atom stereocenters. The molecule has 0 spiro atoms. The van der Waals surface area contributed by atoms with Crippen LogP contribution in [-0.2, 0) is 4.84 Å². The van der Waals surface area contributed by atoms with Gasteiger partial charge in [0.25, 0.3) is 0 Å². The molecule has 88 valence electrons. The first-order valence-corrected chi connectivity index (χ1v) is 5.56. The van der Waals surface area contributed by atoms with Crippen molar-refractivity contribution in [2.24, 2.45) is 0 Å². The molecule has 0 atom stereocenters. The van der Waals surface area contributed by atoms with Crippen LogP contribution in [0.3, 0.4) is 0 Å². The van der Waals surface area contributed by atoms with Crippen LogP contribution in [0.2, 0.25) is 0 Å². The molecule has 0 amide bonds. The SMILES string of the molecule is OCCON(c1ccccc1)c1ccccc1. The van der Waals surface area contributed by atoms with E-state index < -0.39 is 0 Å². The molecule has 0 saturated heterocycles. The number of hydrogen-bond acceptors (Lipinski definition) is 3. The molecular weight excluding hydrogens is 214 g/mol. The monoisotopic (exact) mass is 229 g/mol. The second-order valence-corrected chi connectivity index (χ2v) is 3.52. The van der Waals surface area contributed by atoms with E-state index in [0.29, 0.717) is 0 Å². The Hall–Kier alpha value is -1.84. The number of aliphatic hydroxyl groups excluding tert-OH is 1. The van der Waals surface area contributed by atoms with Crippen molar-refractivity contribution in [1.29, 1.82) is 0 Å². The Balaban J connectivity index is 2.26. The second kappa shape index (κ2) is 6.03. The zero-order valence-corrected chi connectivity index (χ0v) is 9.49. The summed E-state index contributed by atoms with van der Waals surface area (Å²) in [6.07, 6.45) is 0. The van der Waals surface area contributed by atoms with Crippen molar-refractivity contribution < 1.29 is 9.94 Å². The first-order valence-electron chi connectivity index (χ1n) is 5.56. The van der Waals surface area contributed by atoms with Crippen LogP contribution in [0, 0.1) is 0 Å². The molecule has 2 aromatic rings. The van der Waals surface area contributed by atoms with E-state index in [1.165, 1.54) is 0 Å². The van der Waals surface area contributed by atoms with E-state index in [0.717, 1.165) is 11.4 Å². The Labute approximate surface area is 101 Å². The standard InChI is InChI=1S/C14H15NO2/c16-11-12-17-15(13-7-3-1-4-8-13)14-9-5-2-6-10-14/h1-10,16H,11-12H2. The minimum absolute atomic E-state index is 0.00380. The molecule has 1 N–H and O–H groups in total. The number of rotatable bonds is 5. The number of nitrogens with zero attached hydrogens (tertiary/aromatic N) is 1. The maximum absolute atomic E-state index is 8.86. The van der Waals surface area contributed by atoms with Gasteiger partial charge in [-0.3, -0.25) is 4.84 Å². The minimum Gasteiger partial charge on any atom is -0.394 e. The fourth-order valence-electron chi connectivity index (χ4n) is 1.56. The molecule has 2 rings (SSSR count). The molecule has 0 radical (unpaired) electrons. The molecule has 17 heavy (non-hydrogen) atoms. The van der Waals surface area contributed by atoms with E-state index in [4.69, 9.17) is 9.94 Å². The summed E-state index contributed by atoms with van der Waals surface area (Å²) in [5.41, 5.74) is 1.87. The van der Waals surface area contributed by atoms with Crippen molar-refractivity contribution in [2.45, 2.75) is 0 Å². The number of aliphatic hydroxyl groups is 1. The molecule has 3 heteroatoms. The lowest BCUT2D eigenvalue weighted by Gasteiger charge is -2.23. The normalized spacial score (nSPS) is 10.2. The van der Waals surface area contributed by atoms with Crippen LogP contribution in [0.1, 0.15) is 0 Å². The number of anilines is 2. The molecular formula is C14H15NO2. The van der Waals surface area contributed by atoms with Gasteiger partial charge in [0.2, 0.25) is 0 Å². The average molecular weight is 229 g/mol. The number of benzene rings is 2. The summed E-state index contributed by atoms with van der Waals surface area (Å²) in [6, 6.07) is 19.6. The van der Waals surface area contributed by atoms with Crippen LogP contribution in [0.5, 0.6) is 0 Å². The van der Waals surface area contributed by atoms with Crippen molar-refractivity contribution in [2.75, 3.05) is 18.3 Å². The summed E-state index contributed by atoms with van der Waals surface area (Å²) in [5, 5.41) is 10.6. The topological polar surface area (TPSA) is 32.7 Å². The molecule has 0 aliphatic carbocycles. The maximum Gasteiger partial charge on any atom is 0.0984 e. The van der Waals surface area contributed by atoms with Crippen molar-refractivity contribution in [1.82, 2.24) is 0 Å². The summed E-state index contributed by atoms with van der Waals surface area (Å²) in [5.74, 6) is 0. The highest BCUT2D eigenvalue weighted by atomic mass is 16.7. The zero-order valence-electron chi connectivity index (χ0n) is 9.49. The Bertz CT molecular complexity index is 391. The van der Waals surface area contributed by atoms with Gasteiger partial charge in [0.1, 0.15) is 0 Å². The van der Waals surface area contributed by atoms with E-state index in [9.17, 15) is 0 Å². The van der Waals surface area contributed by atoms with Crippen LogP contribution in [-0.4, -0.2) is 18.3 Å². The Morgan fingerprint density at radius 1 is 0.824 bits per heavy atom. The minimum atomic E-state index is -0.00380. The predicted molar refractivity (Wildman–Crippen MR) is 68.1 cm³/mol. The quantitative estimate of drug-likeness (QED) is 0.800. The summed E-state index contributed by atoms with van der Waals surface area (Å²) >= 11 is 0. The van der Waals surface area contributed by atoms with Gasteiger partial charge in [0.15, 0.2) is 0 Å². The van der Waals surface area contributed by atoms with Crippen molar-refractivity contribution in [3.63, 3.8) is 0 Å². The third-order valence-electron chi connectivity index (χ3n) is 2.29. The van der Waals surface area contributed by atoms with Crippen LogP contribution >= 0.6 is 0 Å². The first kappa shape index (κ1) is 11.6. The van der Waals surface area contributed by atoms with Gasteiger partial charge < -0.3 is 5.11 Å². The first-order chi connectivity index (χ1) is 8.42. The van der Waals surface area contributed by atoms with Gasteiger partial charge in [-0.1, -0.05) is 36.4 Å². The Morgan fingerprint density at radius 2 is 1.29 bits per heavy atom. The summed E-state index contributed by atoms with van der Waals surface area (Å²) in [4.78, 5) is 5.55. The second-order valence-electron chi connectivity index (χ2n) is 3.52. The highest BCUT2D eigenvalue weighted by Crippen LogP contribution is 2.24. The molecule has 0 fully saturated rings. The maximum atomic E-state index is 8.86.